The van der Waals surface area contributed by atoms with Crippen molar-refractivity contribution in [3.8, 4) is 0 Å². The highest BCUT2D eigenvalue weighted by molar-refractivity contribution is 7.71. The summed E-state index contributed by atoms with van der Waals surface area (Å²) in [6.07, 6.45) is 1.01. The summed E-state index contributed by atoms with van der Waals surface area (Å²) < 4.78 is 0.692. The van der Waals surface area contributed by atoms with Crippen molar-refractivity contribution in [3.63, 3.8) is 0 Å². The lowest BCUT2D eigenvalue weighted by atomic mass is 10.1. The van der Waals surface area contributed by atoms with Crippen molar-refractivity contribution in [3.05, 3.63) is 22.5 Å². The van der Waals surface area contributed by atoms with Gasteiger partial charge in [0.05, 0.1) is 5.69 Å². The Labute approximate surface area is 71.7 Å². The molecule has 0 saturated carbocycles. The Balaban J connectivity index is 2.74. The van der Waals surface area contributed by atoms with Crippen LogP contribution in [0.2, 0.25) is 0 Å². The number of hydrogen-bond donors (Lipinski definition) is 1. The average Bonchev–Trinajstić information content (AvgIpc) is 1.93. The van der Waals surface area contributed by atoms with E-state index in [2.05, 4.69) is 24.0 Å². The van der Waals surface area contributed by atoms with Gasteiger partial charge in [-0.25, -0.2) is 0 Å². The molecule has 0 aromatic carbocycles. The SMILES string of the molecule is CC(C)Cc1ccc(=S)[nH]n1. The highest BCUT2D eigenvalue weighted by atomic mass is 32.1. The molecule has 0 radical (unpaired) electrons. The van der Waals surface area contributed by atoms with E-state index in [1.807, 2.05) is 12.1 Å². The minimum Gasteiger partial charge on any atom is -0.268 e. The van der Waals surface area contributed by atoms with Crippen molar-refractivity contribution >= 4 is 12.2 Å². The molecular formula is C8H12N2S. The number of aromatic nitrogens is 2. The van der Waals surface area contributed by atoms with Gasteiger partial charge in [0.1, 0.15) is 4.64 Å². The number of nitrogens with zero attached hydrogens (tertiary/aromatic N) is 1. The largest absolute Gasteiger partial charge is 0.268 e. The lowest BCUT2D eigenvalue weighted by Gasteiger charge is -2.01. The van der Waals surface area contributed by atoms with Crippen LogP contribution in [0.3, 0.4) is 0 Å². The second kappa shape index (κ2) is 3.62. The van der Waals surface area contributed by atoms with E-state index in [4.69, 9.17) is 12.2 Å². The molecule has 3 heteroatoms. The summed E-state index contributed by atoms with van der Waals surface area (Å²) in [4.78, 5) is 0. The second-order valence-corrected chi connectivity index (χ2v) is 3.45. The number of H-pyrrole nitrogens is 1. The van der Waals surface area contributed by atoms with E-state index in [1.165, 1.54) is 0 Å². The van der Waals surface area contributed by atoms with Crippen molar-refractivity contribution < 1.29 is 0 Å². The van der Waals surface area contributed by atoms with Crippen LogP contribution in [0.5, 0.6) is 0 Å². The van der Waals surface area contributed by atoms with Crippen LogP contribution in [0.4, 0.5) is 0 Å². The molecule has 1 rings (SSSR count). The second-order valence-electron chi connectivity index (χ2n) is 3.01. The van der Waals surface area contributed by atoms with Crippen LogP contribution in [0.1, 0.15) is 19.5 Å². The third kappa shape index (κ3) is 2.80. The van der Waals surface area contributed by atoms with Crippen molar-refractivity contribution in [2.75, 3.05) is 0 Å². The van der Waals surface area contributed by atoms with Crippen molar-refractivity contribution in [1.29, 1.82) is 0 Å². The minimum absolute atomic E-state index is 0.645. The molecule has 60 valence electrons. The molecule has 0 spiro atoms. The maximum Gasteiger partial charge on any atom is 0.119 e. The summed E-state index contributed by atoms with van der Waals surface area (Å²) in [5.74, 6) is 0.645. The molecule has 0 atom stereocenters. The first-order valence-corrected chi connectivity index (χ1v) is 4.14. The van der Waals surface area contributed by atoms with Crippen molar-refractivity contribution in [2.45, 2.75) is 20.3 Å². The van der Waals surface area contributed by atoms with Crippen LogP contribution in [0, 0.1) is 10.6 Å². The zero-order chi connectivity index (χ0) is 8.27. The Bertz CT molecular complexity index is 257. The van der Waals surface area contributed by atoms with Crippen LogP contribution in [0.25, 0.3) is 0 Å². The van der Waals surface area contributed by atoms with Gasteiger partial charge in [-0.2, -0.15) is 5.10 Å². The monoisotopic (exact) mass is 168 g/mol. The lowest BCUT2D eigenvalue weighted by Crippen LogP contribution is -1.98. The standard InChI is InChI=1S/C8H12N2S/c1-6(2)5-7-3-4-8(11)10-9-7/h3-4,6H,5H2,1-2H3,(H,10,11). The first kappa shape index (κ1) is 8.40. The number of rotatable bonds is 2. The number of nitrogens with one attached hydrogen (secondary N) is 1. The predicted molar refractivity (Wildman–Crippen MR) is 48.0 cm³/mol. The molecule has 1 heterocycles. The van der Waals surface area contributed by atoms with Gasteiger partial charge in [-0.3, -0.25) is 5.10 Å². The molecule has 0 bridgehead atoms. The fraction of sp³-hybridized carbons (Fsp3) is 0.500. The maximum atomic E-state index is 4.87. The minimum atomic E-state index is 0.645. The molecule has 2 nitrogen and oxygen atoms in total. The Morgan fingerprint density at radius 3 is 2.73 bits per heavy atom. The molecule has 0 amide bonds. The van der Waals surface area contributed by atoms with E-state index < -0.39 is 0 Å². The van der Waals surface area contributed by atoms with E-state index in [0.717, 1.165) is 12.1 Å². The van der Waals surface area contributed by atoms with Crippen LogP contribution in [0.15, 0.2) is 12.1 Å². The van der Waals surface area contributed by atoms with Gasteiger partial charge in [-0.05, 0) is 24.5 Å². The summed E-state index contributed by atoms with van der Waals surface area (Å²) in [5, 5.41) is 6.86. The van der Waals surface area contributed by atoms with Gasteiger partial charge in [0, 0.05) is 0 Å². The van der Waals surface area contributed by atoms with Gasteiger partial charge < -0.3 is 0 Å². The van der Waals surface area contributed by atoms with Gasteiger partial charge in [-0.15, -0.1) is 0 Å². The van der Waals surface area contributed by atoms with E-state index in [9.17, 15) is 0 Å². The Hall–Kier alpha value is -0.700. The summed E-state index contributed by atoms with van der Waals surface area (Å²) >= 11 is 4.87. The Morgan fingerprint density at radius 2 is 2.27 bits per heavy atom. The van der Waals surface area contributed by atoms with Crippen LogP contribution < -0.4 is 0 Å². The van der Waals surface area contributed by atoms with Crippen LogP contribution in [-0.2, 0) is 6.42 Å². The molecule has 0 aliphatic rings. The number of hydrogen-bond acceptors (Lipinski definition) is 2. The Kier molecular flexibility index (Phi) is 2.76. The third-order valence-electron chi connectivity index (χ3n) is 1.35. The summed E-state index contributed by atoms with van der Waals surface area (Å²) in [7, 11) is 0. The maximum absolute atomic E-state index is 4.87. The van der Waals surface area contributed by atoms with Crippen LogP contribution >= 0.6 is 12.2 Å². The first-order chi connectivity index (χ1) is 5.18. The van der Waals surface area contributed by atoms with E-state index in [0.29, 0.717) is 10.6 Å². The molecule has 0 aliphatic carbocycles. The topological polar surface area (TPSA) is 28.7 Å². The Morgan fingerprint density at radius 1 is 1.55 bits per heavy atom. The predicted octanol–water partition coefficient (Wildman–Crippen LogP) is 2.34. The molecule has 1 aromatic rings. The fourth-order valence-corrected chi connectivity index (χ4v) is 1.02. The summed E-state index contributed by atoms with van der Waals surface area (Å²) in [5.41, 5.74) is 1.08. The highest BCUT2D eigenvalue weighted by Crippen LogP contribution is 2.02. The summed E-state index contributed by atoms with van der Waals surface area (Å²) in [6.45, 7) is 4.34. The fourth-order valence-electron chi connectivity index (χ4n) is 0.905. The van der Waals surface area contributed by atoms with Gasteiger partial charge in [0.25, 0.3) is 0 Å². The third-order valence-corrected chi connectivity index (χ3v) is 1.58. The average molecular weight is 168 g/mol. The lowest BCUT2D eigenvalue weighted by molar-refractivity contribution is 0.627. The highest BCUT2D eigenvalue weighted by Gasteiger charge is 1.96. The zero-order valence-corrected chi connectivity index (χ0v) is 7.61. The van der Waals surface area contributed by atoms with Crippen molar-refractivity contribution in [1.82, 2.24) is 10.2 Å². The van der Waals surface area contributed by atoms with Gasteiger partial charge >= 0.3 is 0 Å². The van der Waals surface area contributed by atoms with Gasteiger partial charge in [-0.1, -0.05) is 26.1 Å². The molecule has 0 unspecified atom stereocenters. The smallest absolute Gasteiger partial charge is 0.119 e. The molecular weight excluding hydrogens is 156 g/mol. The normalized spacial score (nSPS) is 10.5. The van der Waals surface area contributed by atoms with E-state index in [1.54, 1.807) is 0 Å². The first-order valence-electron chi connectivity index (χ1n) is 3.73. The zero-order valence-electron chi connectivity index (χ0n) is 6.79. The van der Waals surface area contributed by atoms with Crippen LogP contribution in [-0.4, -0.2) is 10.2 Å². The number of aromatic amines is 1. The van der Waals surface area contributed by atoms with Crippen molar-refractivity contribution in [2.24, 2.45) is 5.92 Å². The van der Waals surface area contributed by atoms with E-state index >= 15 is 0 Å². The molecule has 0 aliphatic heterocycles. The molecule has 0 fully saturated rings. The summed E-state index contributed by atoms with van der Waals surface area (Å²) in [6, 6.07) is 3.85. The molecule has 0 saturated heterocycles. The quantitative estimate of drug-likeness (QED) is 0.687. The van der Waals surface area contributed by atoms with Gasteiger partial charge in [0.2, 0.25) is 0 Å². The molecule has 1 aromatic heterocycles. The van der Waals surface area contributed by atoms with Gasteiger partial charge in [0.15, 0.2) is 0 Å². The molecule has 11 heavy (non-hydrogen) atoms. The molecule has 1 N–H and O–H groups in total. The van der Waals surface area contributed by atoms with E-state index in [-0.39, 0.29) is 0 Å².